The molecule has 0 saturated heterocycles. The lowest BCUT2D eigenvalue weighted by atomic mass is 10.0. The van der Waals surface area contributed by atoms with Gasteiger partial charge in [0.25, 0.3) is 5.91 Å². The Morgan fingerprint density at radius 2 is 2.14 bits per heavy atom. The van der Waals surface area contributed by atoms with Gasteiger partial charge < -0.3 is 15.4 Å². The zero-order chi connectivity index (χ0) is 19.5. The first-order valence-electron chi connectivity index (χ1n) is 8.95. The first kappa shape index (κ1) is 18.2. The summed E-state index contributed by atoms with van der Waals surface area (Å²) < 4.78 is 5.62. The Bertz CT molecular complexity index is 1040. The minimum absolute atomic E-state index is 0.0237. The van der Waals surface area contributed by atoms with E-state index in [1.807, 2.05) is 42.6 Å². The van der Waals surface area contributed by atoms with E-state index in [1.165, 1.54) is 0 Å². The molecule has 0 spiro atoms. The van der Waals surface area contributed by atoms with E-state index in [9.17, 15) is 9.59 Å². The van der Waals surface area contributed by atoms with E-state index in [4.69, 9.17) is 4.74 Å². The molecule has 0 saturated carbocycles. The Labute approximate surface area is 166 Å². The smallest absolute Gasteiger partial charge is 0.262 e. The van der Waals surface area contributed by atoms with Crippen molar-refractivity contribution in [1.29, 1.82) is 0 Å². The first-order chi connectivity index (χ1) is 13.6. The van der Waals surface area contributed by atoms with Crippen LogP contribution in [0.5, 0.6) is 5.75 Å². The van der Waals surface area contributed by atoms with E-state index in [0.717, 1.165) is 27.5 Å². The SMILES string of the molecule is Cc1nc(-c2cccc(NC(=O)COc3ccc4c(c3)CCC(=O)N4)c2)cs1. The van der Waals surface area contributed by atoms with Gasteiger partial charge in [-0.1, -0.05) is 12.1 Å². The normalized spacial score (nSPS) is 12.8. The van der Waals surface area contributed by atoms with Gasteiger partial charge in [0, 0.05) is 28.7 Å². The summed E-state index contributed by atoms with van der Waals surface area (Å²) in [6.07, 6.45) is 1.14. The number of benzene rings is 2. The van der Waals surface area contributed by atoms with Crippen molar-refractivity contribution in [3.63, 3.8) is 0 Å². The molecule has 1 aliphatic heterocycles. The topological polar surface area (TPSA) is 80.3 Å². The number of ether oxygens (including phenoxy) is 1. The number of aryl methyl sites for hydroxylation is 2. The van der Waals surface area contributed by atoms with Gasteiger partial charge >= 0.3 is 0 Å². The number of carbonyl (C=O) groups is 2. The molecule has 2 N–H and O–H groups in total. The number of nitrogens with zero attached hydrogens (tertiary/aromatic N) is 1. The second-order valence-corrected chi connectivity index (χ2v) is 7.60. The maximum atomic E-state index is 12.3. The highest BCUT2D eigenvalue weighted by molar-refractivity contribution is 7.09. The van der Waals surface area contributed by atoms with Crippen molar-refractivity contribution in [2.24, 2.45) is 0 Å². The fourth-order valence-electron chi connectivity index (χ4n) is 3.05. The number of amides is 2. The van der Waals surface area contributed by atoms with Crippen molar-refractivity contribution >= 4 is 34.5 Å². The number of nitrogens with one attached hydrogen (secondary N) is 2. The molecule has 0 aliphatic carbocycles. The number of rotatable bonds is 5. The first-order valence-corrected chi connectivity index (χ1v) is 9.83. The third-order valence-corrected chi connectivity index (χ3v) is 5.18. The van der Waals surface area contributed by atoms with Gasteiger partial charge in [0.1, 0.15) is 5.75 Å². The zero-order valence-electron chi connectivity index (χ0n) is 15.3. The van der Waals surface area contributed by atoms with Crippen molar-refractivity contribution in [3.05, 3.63) is 58.4 Å². The molecule has 2 aromatic carbocycles. The molecule has 6 nitrogen and oxygen atoms in total. The summed E-state index contributed by atoms with van der Waals surface area (Å²) in [4.78, 5) is 28.2. The van der Waals surface area contributed by atoms with Gasteiger partial charge in [-0.15, -0.1) is 11.3 Å². The fraction of sp³-hybridized carbons (Fsp3) is 0.190. The number of carbonyl (C=O) groups excluding carboxylic acids is 2. The van der Waals surface area contributed by atoms with Gasteiger partial charge in [-0.2, -0.15) is 0 Å². The van der Waals surface area contributed by atoms with E-state index in [-0.39, 0.29) is 18.4 Å². The molecule has 142 valence electrons. The van der Waals surface area contributed by atoms with Crippen LogP contribution in [0.2, 0.25) is 0 Å². The Balaban J connectivity index is 1.37. The third kappa shape index (κ3) is 4.20. The molecular formula is C21H19N3O3S. The quantitative estimate of drug-likeness (QED) is 0.686. The predicted octanol–water partition coefficient (Wildman–Crippen LogP) is 4.02. The number of hydrogen-bond donors (Lipinski definition) is 2. The van der Waals surface area contributed by atoms with Gasteiger partial charge in [0.05, 0.1) is 10.7 Å². The van der Waals surface area contributed by atoms with Crippen LogP contribution in [0.3, 0.4) is 0 Å². The van der Waals surface area contributed by atoms with Crippen LogP contribution in [0.4, 0.5) is 11.4 Å². The lowest BCUT2D eigenvalue weighted by molar-refractivity contribution is -0.118. The summed E-state index contributed by atoms with van der Waals surface area (Å²) in [6.45, 7) is 1.87. The van der Waals surface area contributed by atoms with Crippen LogP contribution in [0, 0.1) is 6.92 Å². The second kappa shape index (κ2) is 7.82. The predicted molar refractivity (Wildman–Crippen MR) is 110 cm³/mol. The van der Waals surface area contributed by atoms with Crippen LogP contribution in [0.15, 0.2) is 47.8 Å². The largest absolute Gasteiger partial charge is 0.484 e. The molecule has 0 radical (unpaired) electrons. The molecule has 4 rings (SSSR count). The molecule has 0 fully saturated rings. The zero-order valence-corrected chi connectivity index (χ0v) is 16.1. The highest BCUT2D eigenvalue weighted by atomic mass is 32.1. The molecule has 0 bridgehead atoms. The highest BCUT2D eigenvalue weighted by Crippen LogP contribution is 2.27. The number of hydrogen-bond acceptors (Lipinski definition) is 5. The molecule has 0 unspecified atom stereocenters. The van der Waals surface area contributed by atoms with E-state index in [1.54, 1.807) is 23.5 Å². The fourth-order valence-corrected chi connectivity index (χ4v) is 3.67. The van der Waals surface area contributed by atoms with Crippen molar-refractivity contribution < 1.29 is 14.3 Å². The van der Waals surface area contributed by atoms with E-state index in [2.05, 4.69) is 15.6 Å². The Morgan fingerprint density at radius 1 is 1.25 bits per heavy atom. The van der Waals surface area contributed by atoms with Gasteiger partial charge in [0.2, 0.25) is 5.91 Å². The summed E-state index contributed by atoms with van der Waals surface area (Å²) >= 11 is 1.59. The average molecular weight is 393 g/mol. The third-order valence-electron chi connectivity index (χ3n) is 4.40. The number of aromatic nitrogens is 1. The maximum absolute atomic E-state index is 12.3. The molecular weight excluding hydrogens is 374 g/mol. The standard InChI is InChI=1S/C21H19N3O3S/c1-13-22-19(12-28-13)14-3-2-4-16(9-14)23-21(26)11-27-17-6-7-18-15(10-17)5-8-20(25)24-18/h2-4,6-7,9-10,12H,5,8,11H2,1H3,(H,23,26)(H,24,25). The molecule has 2 amide bonds. The van der Waals surface area contributed by atoms with Crippen LogP contribution in [0.25, 0.3) is 11.3 Å². The highest BCUT2D eigenvalue weighted by Gasteiger charge is 2.15. The van der Waals surface area contributed by atoms with Crippen LogP contribution < -0.4 is 15.4 Å². The minimum atomic E-state index is -0.238. The van der Waals surface area contributed by atoms with Crippen LogP contribution in [-0.2, 0) is 16.0 Å². The average Bonchev–Trinajstić information content (AvgIpc) is 3.13. The molecule has 2 heterocycles. The maximum Gasteiger partial charge on any atom is 0.262 e. The van der Waals surface area contributed by atoms with Crippen molar-refractivity contribution in [1.82, 2.24) is 4.98 Å². The molecule has 0 atom stereocenters. The lowest BCUT2D eigenvalue weighted by Crippen LogP contribution is -2.21. The molecule has 3 aromatic rings. The van der Waals surface area contributed by atoms with Crippen molar-refractivity contribution in [2.75, 3.05) is 17.2 Å². The minimum Gasteiger partial charge on any atom is -0.484 e. The van der Waals surface area contributed by atoms with Crippen LogP contribution in [0.1, 0.15) is 17.0 Å². The van der Waals surface area contributed by atoms with Crippen LogP contribution >= 0.6 is 11.3 Å². The van der Waals surface area contributed by atoms with Crippen LogP contribution in [-0.4, -0.2) is 23.4 Å². The Morgan fingerprint density at radius 3 is 2.96 bits per heavy atom. The van der Waals surface area contributed by atoms with Gasteiger partial charge in [-0.3, -0.25) is 9.59 Å². The number of fused-ring (bicyclic) bond motifs is 1. The van der Waals surface area contributed by atoms with Crippen molar-refractivity contribution in [3.8, 4) is 17.0 Å². The summed E-state index contributed by atoms with van der Waals surface area (Å²) in [5.74, 6) is 0.393. The summed E-state index contributed by atoms with van der Waals surface area (Å²) in [5.41, 5.74) is 4.38. The lowest BCUT2D eigenvalue weighted by Gasteiger charge is -2.17. The monoisotopic (exact) mass is 393 g/mol. The number of anilines is 2. The summed E-state index contributed by atoms with van der Waals surface area (Å²) in [6, 6.07) is 13.0. The Kier molecular flexibility index (Phi) is 5.08. The van der Waals surface area contributed by atoms with Gasteiger partial charge in [-0.25, -0.2) is 4.98 Å². The Hall–Kier alpha value is -3.19. The molecule has 1 aromatic heterocycles. The molecule has 1 aliphatic rings. The van der Waals surface area contributed by atoms with Gasteiger partial charge in [-0.05, 0) is 49.2 Å². The summed E-state index contributed by atoms with van der Waals surface area (Å²) in [7, 11) is 0. The van der Waals surface area contributed by atoms with E-state index < -0.39 is 0 Å². The van der Waals surface area contributed by atoms with Crippen molar-refractivity contribution in [2.45, 2.75) is 19.8 Å². The van der Waals surface area contributed by atoms with E-state index in [0.29, 0.717) is 24.3 Å². The number of thiazole rings is 1. The van der Waals surface area contributed by atoms with E-state index >= 15 is 0 Å². The molecule has 28 heavy (non-hydrogen) atoms. The van der Waals surface area contributed by atoms with Gasteiger partial charge in [0.15, 0.2) is 6.61 Å². The molecule has 7 heteroatoms. The summed E-state index contributed by atoms with van der Waals surface area (Å²) in [5, 5.41) is 8.68. The second-order valence-electron chi connectivity index (χ2n) is 6.54.